The van der Waals surface area contributed by atoms with Gasteiger partial charge in [-0.15, -0.1) is 0 Å². The zero-order chi connectivity index (χ0) is 14.7. The predicted molar refractivity (Wildman–Crippen MR) is 82.1 cm³/mol. The van der Waals surface area contributed by atoms with Gasteiger partial charge < -0.3 is 15.1 Å². The highest BCUT2D eigenvalue weighted by atomic mass is 35.5. The maximum absolute atomic E-state index is 12.0. The highest BCUT2D eigenvalue weighted by Crippen LogP contribution is 2.25. The summed E-state index contributed by atoms with van der Waals surface area (Å²) in [5.41, 5.74) is 1.15. The second-order valence-electron chi connectivity index (χ2n) is 5.56. The van der Waals surface area contributed by atoms with E-state index < -0.39 is 0 Å². The summed E-state index contributed by atoms with van der Waals surface area (Å²) in [5.74, 6) is 0. The van der Waals surface area contributed by atoms with Crippen LogP contribution >= 0.6 is 11.6 Å². The lowest BCUT2D eigenvalue weighted by molar-refractivity contribution is 0.200. The van der Waals surface area contributed by atoms with Gasteiger partial charge in [0.25, 0.3) is 0 Å². The first-order valence-corrected chi connectivity index (χ1v) is 7.29. The molecule has 5 heteroatoms. The molecule has 0 unspecified atom stereocenters. The number of hydrogen-bond donors (Lipinski definition) is 1. The van der Waals surface area contributed by atoms with Crippen molar-refractivity contribution in [2.45, 2.75) is 24.9 Å². The fourth-order valence-electron chi connectivity index (χ4n) is 2.22. The van der Waals surface area contributed by atoms with Crippen LogP contribution in [0.3, 0.4) is 0 Å². The van der Waals surface area contributed by atoms with E-state index >= 15 is 0 Å². The average molecular weight is 296 g/mol. The molecule has 4 nitrogen and oxygen atoms in total. The highest BCUT2D eigenvalue weighted by molar-refractivity contribution is 6.30. The molecule has 0 bridgehead atoms. The molecule has 1 aliphatic carbocycles. The second kappa shape index (κ2) is 6.46. The van der Waals surface area contributed by atoms with Crippen LogP contribution < -0.4 is 5.32 Å². The predicted octanol–water partition coefficient (Wildman–Crippen LogP) is 2.75. The largest absolute Gasteiger partial charge is 0.336 e. The van der Waals surface area contributed by atoms with Crippen LogP contribution in [-0.2, 0) is 0 Å². The molecule has 0 radical (unpaired) electrons. The smallest absolute Gasteiger partial charge is 0.317 e. The number of benzene rings is 1. The molecule has 2 amide bonds. The molecule has 110 valence electrons. The maximum Gasteiger partial charge on any atom is 0.317 e. The van der Waals surface area contributed by atoms with Gasteiger partial charge in [-0.05, 0) is 44.6 Å². The number of hydrogen-bond acceptors (Lipinski definition) is 2. The van der Waals surface area contributed by atoms with Crippen molar-refractivity contribution in [1.82, 2.24) is 15.1 Å². The fourth-order valence-corrected chi connectivity index (χ4v) is 2.35. The van der Waals surface area contributed by atoms with E-state index in [1.54, 1.807) is 4.90 Å². The highest BCUT2D eigenvalue weighted by Gasteiger charge is 2.29. The number of amides is 2. The van der Waals surface area contributed by atoms with E-state index in [1.165, 1.54) is 0 Å². The SMILES string of the molecule is CN(C(=O)NC[C@@H](c1ccc(Cl)cc1)N(C)C)C1CC1. The summed E-state index contributed by atoms with van der Waals surface area (Å²) in [6, 6.07) is 8.35. The third-order valence-corrected chi connectivity index (χ3v) is 3.99. The number of rotatable bonds is 5. The van der Waals surface area contributed by atoms with E-state index in [0.717, 1.165) is 23.4 Å². The molecule has 1 saturated carbocycles. The Kier molecular flexibility index (Phi) is 4.89. The summed E-state index contributed by atoms with van der Waals surface area (Å²) in [4.78, 5) is 15.9. The lowest BCUT2D eigenvalue weighted by atomic mass is 10.1. The molecule has 0 spiro atoms. The number of carbonyl (C=O) groups excluding carboxylic acids is 1. The molecule has 0 saturated heterocycles. The molecule has 0 heterocycles. The van der Waals surface area contributed by atoms with Crippen LogP contribution in [0, 0.1) is 0 Å². The summed E-state index contributed by atoms with van der Waals surface area (Å²) >= 11 is 5.92. The summed E-state index contributed by atoms with van der Waals surface area (Å²) in [7, 11) is 5.88. The van der Waals surface area contributed by atoms with Crippen LogP contribution in [0.25, 0.3) is 0 Å². The number of nitrogens with one attached hydrogen (secondary N) is 1. The standard InChI is InChI=1S/C15H22ClN3O/c1-18(2)14(11-4-6-12(16)7-5-11)10-17-15(20)19(3)13-8-9-13/h4-7,13-14H,8-10H2,1-3H3,(H,17,20)/t14-/m0/s1. The lowest BCUT2D eigenvalue weighted by Gasteiger charge is -2.26. The van der Waals surface area contributed by atoms with Crippen LogP contribution in [0.15, 0.2) is 24.3 Å². The quantitative estimate of drug-likeness (QED) is 0.906. The number of nitrogens with zero attached hydrogens (tertiary/aromatic N) is 2. The third-order valence-electron chi connectivity index (χ3n) is 3.74. The topological polar surface area (TPSA) is 35.6 Å². The van der Waals surface area contributed by atoms with Gasteiger partial charge in [0.1, 0.15) is 0 Å². The number of carbonyl (C=O) groups is 1. The third kappa shape index (κ3) is 3.87. The number of urea groups is 1. The first kappa shape index (κ1) is 15.1. The Bertz CT molecular complexity index is 457. The summed E-state index contributed by atoms with van der Waals surface area (Å²) < 4.78 is 0. The molecule has 1 aliphatic rings. The van der Waals surface area contributed by atoms with Crippen molar-refractivity contribution in [2.24, 2.45) is 0 Å². The van der Waals surface area contributed by atoms with E-state index in [4.69, 9.17) is 11.6 Å². The van der Waals surface area contributed by atoms with Crippen molar-refractivity contribution in [3.05, 3.63) is 34.9 Å². The number of likely N-dealkylation sites (N-methyl/N-ethyl adjacent to an activating group) is 1. The summed E-state index contributed by atoms with van der Waals surface area (Å²) in [5, 5.41) is 3.74. The molecule has 0 aliphatic heterocycles. The van der Waals surface area contributed by atoms with E-state index in [0.29, 0.717) is 12.6 Å². The van der Waals surface area contributed by atoms with E-state index in [1.807, 2.05) is 45.4 Å². The summed E-state index contributed by atoms with van der Waals surface area (Å²) in [6.45, 7) is 0.588. The van der Waals surface area contributed by atoms with Crippen LogP contribution in [0.1, 0.15) is 24.4 Å². The molecule has 0 aromatic heterocycles. The zero-order valence-corrected chi connectivity index (χ0v) is 13.0. The molecule has 1 fully saturated rings. The minimum Gasteiger partial charge on any atom is -0.336 e. The Labute approximate surface area is 125 Å². The van der Waals surface area contributed by atoms with Gasteiger partial charge >= 0.3 is 6.03 Å². The van der Waals surface area contributed by atoms with Crippen LogP contribution in [-0.4, -0.2) is 49.6 Å². The maximum atomic E-state index is 12.0. The first-order valence-electron chi connectivity index (χ1n) is 6.91. The van der Waals surface area contributed by atoms with Crippen molar-refractivity contribution in [3.8, 4) is 0 Å². The van der Waals surface area contributed by atoms with Crippen molar-refractivity contribution >= 4 is 17.6 Å². The molecule has 1 atom stereocenters. The van der Waals surface area contributed by atoms with Gasteiger partial charge in [-0.3, -0.25) is 0 Å². The van der Waals surface area contributed by atoms with Gasteiger partial charge in [-0.1, -0.05) is 23.7 Å². The second-order valence-corrected chi connectivity index (χ2v) is 6.00. The minimum absolute atomic E-state index is 0.00770. The van der Waals surface area contributed by atoms with E-state index in [2.05, 4.69) is 10.2 Å². The van der Waals surface area contributed by atoms with Gasteiger partial charge in [0, 0.05) is 24.7 Å². The Morgan fingerprint density at radius 2 is 1.90 bits per heavy atom. The van der Waals surface area contributed by atoms with Gasteiger partial charge in [0.15, 0.2) is 0 Å². The van der Waals surface area contributed by atoms with Gasteiger partial charge in [0.2, 0.25) is 0 Å². The van der Waals surface area contributed by atoms with Gasteiger partial charge in [-0.25, -0.2) is 4.79 Å². The monoisotopic (exact) mass is 295 g/mol. The number of halogens is 1. The van der Waals surface area contributed by atoms with Gasteiger partial charge in [-0.2, -0.15) is 0 Å². The molecule has 1 N–H and O–H groups in total. The normalized spacial score (nSPS) is 16.1. The van der Waals surface area contributed by atoms with Crippen molar-refractivity contribution in [2.75, 3.05) is 27.7 Å². The Morgan fingerprint density at radius 3 is 2.40 bits per heavy atom. The molecular formula is C15H22ClN3O. The molecular weight excluding hydrogens is 274 g/mol. The minimum atomic E-state index is 0.00770. The molecule has 2 rings (SSSR count). The first-order chi connectivity index (χ1) is 9.49. The van der Waals surface area contributed by atoms with Crippen LogP contribution in [0.4, 0.5) is 4.79 Å². The zero-order valence-electron chi connectivity index (χ0n) is 12.3. The van der Waals surface area contributed by atoms with E-state index in [9.17, 15) is 4.79 Å². The van der Waals surface area contributed by atoms with Crippen LogP contribution in [0.5, 0.6) is 0 Å². The van der Waals surface area contributed by atoms with Gasteiger partial charge in [0.05, 0.1) is 6.04 Å². The summed E-state index contributed by atoms with van der Waals surface area (Å²) in [6.07, 6.45) is 2.25. The van der Waals surface area contributed by atoms with Crippen molar-refractivity contribution < 1.29 is 4.79 Å². The molecule has 20 heavy (non-hydrogen) atoms. The lowest BCUT2D eigenvalue weighted by Crippen LogP contribution is -2.42. The fraction of sp³-hybridized carbons (Fsp3) is 0.533. The van der Waals surface area contributed by atoms with E-state index in [-0.39, 0.29) is 12.1 Å². The Morgan fingerprint density at radius 1 is 1.30 bits per heavy atom. The van der Waals surface area contributed by atoms with Crippen molar-refractivity contribution in [3.63, 3.8) is 0 Å². The van der Waals surface area contributed by atoms with Crippen molar-refractivity contribution in [1.29, 1.82) is 0 Å². The Hall–Kier alpha value is -1.26. The Balaban J connectivity index is 1.95. The van der Waals surface area contributed by atoms with Crippen LogP contribution in [0.2, 0.25) is 5.02 Å². The average Bonchev–Trinajstić information content (AvgIpc) is 3.24. The molecule has 1 aromatic rings. The molecule has 1 aromatic carbocycles.